The van der Waals surface area contributed by atoms with Gasteiger partial charge in [0.1, 0.15) is 6.10 Å². The molecule has 0 N–H and O–H groups in total. The highest BCUT2D eigenvalue weighted by atomic mass is 19.3. The maximum Gasteiger partial charge on any atom is 0.309 e. The maximum atomic E-state index is 14.3. The lowest BCUT2D eigenvalue weighted by Gasteiger charge is -2.29. The van der Waals surface area contributed by atoms with E-state index < -0.39 is 42.6 Å². The predicted octanol–water partition coefficient (Wildman–Crippen LogP) is 5.93. The maximum absolute atomic E-state index is 14.3. The van der Waals surface area contributed by atoms with E-state index in [1.807, 2.05) is 0 Å². The van der Waals surface area contributed by atoms with Crippen molar-refractivity contribution in [2.45, 2.75) is 122 Å². The fourth-order valence-electron chi connectivity index (χ4n) is 5.19. The molecule has 2 rings (SSSR count). The van der Waals surface area contributed by atoms with Gasteiger partial charge >= 0.3 is 17.9 Å². The van der Waals surface area contributed by atoms with Crippen molar-refractivity contribution in [3.63, 3.8) is 0 Å². The zero-order valence-electron chi connectivity index (χ0n) is 22.6. The summed E-state index contributed by atoms with van der Waals surface area (Å²) in [6.07, 6.45) is 9.05. The van der Waals surface area contributed by atoms with E-state index in [0.717, 1.165) is 51.0 Å². The first-order valence-corrected chi connectivity index (χ1v) is 13.8. The molecular formula is C28H44F2O7. The van der Waals surface area contributed by atoms with Gasteiger partial charge in [0.25, 0.3) is 0 Å². The number of carbonyl (C=O) groups excluding carboxylic acids is 3. The van der Waals surface area contributed by atoms with Gasteiger partial charge in [-0.25, -0.2) is 0 Å². The Hall–Kier alpha value is -1.87. The van der Waals surface area contributed by atoms with Gasteiger partial charge in [0, 0.05) is 44.6 Å². The quantitative estimate of drug-likeness (QED) is 0.139. The van der Waals surface area contributed by atoms with E-state index in [2.05, 4.69) is 4.74 Å². The van der Waals surface area contributed by atoms with E-state index in [4.69, 9.17) is 14.2 Å². The van der Waals surface area contributed by atoms with Crippen LogP contribution < -0.4 is 0 Å². The lowest BCUT2D eigenvalue weighted by atomic mass is 9.87. The van der Waals surface area contributed by atoms with E-state index in [1.54, 1.807) is 13.0 Å². The zero-order valence-corrected chi connectivity index (χ0v) is 22.6. The number of esters is 2. The van der Waals surface area contributed by atoms with Crippen LogP contribution in [0.2, 0.25) is 0 Å². The number of alkyl halides is 2. The number of allylic oxidation sites excluding steroid dienone is 1. The number of halogens is 2. The second kappa shape index (κ2) is 16.2. The van der Waals surface area contributed by atoms with Gasteiger partial charge in [-0.15, -0.1) is 0 Å². The summed E-state index contributed by atoms with van der Waals surface area (Å²) in [6, 6.07) is 0. The molecule has 0 aromatic heterocycles. The number of carbonyl (C=O) groups is 3. The van der Waals surface area contributed by atoms with Crippen LogP contribution in [0.5, 0.6) is 0 Å². The number of ketones is 1. The van der Waals surface area contributed by atoms with E-state index in [0.29, 0.717) is 32.3 Å². The van der Waals surface area contributed by atoms with Crippen LogP contribution in [0.3, 0.4) is 0 Å². The molecule has 2 unspecified atom stereocenters. The van der Waals surface area contributed by atoms with E-state index >= 15 is 0 Å². The van der Waals surface area contributed by atoms with Crippen molar-refractivity contribution in [3.05, 3.63) is 12.2 Å². The summed E-state index contributed by atoms with van der Waals surface area (Å²) in [5.41, 5.74) is 0. The van der Waals surface area contributed by atoms with Crippen molar-refractivity contribution in [1.82, 2.24) is 0 Å². The summed E-state index contributed by atoms with van der Waals surface area (Å²) in [5.74, 6) is -5.79. The van der Waals surface area contributed by atoms with Crippen molar-refractivity contribution < 1.29 is 42.1 Å². The molecule has 0 aromatic carbocycles. The topological polar surface area (TPSA) is 88.1 Å². The monoisotopic (exact) mass is 530 g/mol. The van der Waals surface area contributed by atoms with Crippen LogP contribution in [0.25, 0.3) is 0 Å². The molecule has 1 aliphatic carbocycles. The molecular weight excluding hydrogens is 486 g/mol. The van der Waals surface area contributed by atoms with Gasteiger partial charge in [-0.2, -0.15) is 8.78 Å². The lowest BCUT2D eigenvalue weighted by Crippen LogP contribution is -2.31. The number of hydrogen-bond donors (Lipinski definition) is 0. The van der Waals surface area contributed by atoms with Gasteiger partial charge in [-0.1, -0.05) is 38.7 Å². The number of hydrogen-bond acceptors (Lipinski definition) is 7. The molecule has 7 nitrogen and oxygen atoms in total. The van der Waals surface area contributed by atoms with Crippen molar-refractivity contribution >= 4 is 17.7 Å². The van der Waals surface area contributed by atoms with Crippen LogP contribution in [0, 0.1) is 11.8 Å². The van der Waals surface area contributed by atoms with Crippen molar-refractivity contribution in [3.8, 4) is 0 Å². The summed E-state index contributed by atoms with van der Waals surface area (Å²) in [4.78, 5) is 35.5. The summed E-state index contributed by atoms with van der Waals surface area (Å²) in [5, 5.41) is 0. The highest BCUT2D eigenvalue weighted by molar-refractivity contribution is 5.95. The van der Waals surface area contributed by atoms with Crippen LogP contribution in [-0.4, -0.2) is 55.9 Å². The van der Waals surface area contributed by atoms with Gasteiger partial charge in [0.15, 0.2) is 6.29 Å². The number of ether oxygens (including phenoxy) is 4. The largest absolute Gasteiger partial charge is 0.469 e. The molecule has 0 spiro atoms. The van der Waals surface area contributed by atoms with Crippen LogP contribution in [0.1, 0.15) is 97.3 Å². The van der Waals surface area contributed by atoms with Crippen LogP contribution in [0.4, 0.5) is 8.78 Å². The van der Waals surface area contributed by atoms with Crippen LogP contribution in [-0.2, 0) is 33.3 Å². The molecule has 1 saturated carbocycles. The fourth-order valence-corrected chi connectivity index (χ4v) is 5.19. The van der Waals surface area contributed by atoms with Crippen molar-refractivity contribution in [1.29, 1.82) is 0 Å². The molecule has 0 aromatic rings. The Morgan fingerprint density at radius 1 is 1.05 bits per heavy atom. The molecule has 1 aliphatic heterocycles. The van der Waals surface area contributed by atoms with Crippen molar-refractivity contribution in [2.75, 3.05) is 13.7 Å². The van der Waals surface area contributed by atoms with Crippen LogP contribution in [0.15, 0.2) is 12.2 Å². The Balaban J connectivity index is 2.13. The smallest absolute Gasteiger partial charge is 0.309 e. The SMILES string of the molecule is CCCCC(F)(F)C(=O)C=C[C@@H]1C(CCCCCCC(=O)OC)[C@@H](OC(C)=O)C[C@H]1OC1CCCCO1. The zero-order chi connectivity index (χ0) is 27.3. The molecule has 0 bridgehead atoms. The van der Waals surface area contributed by atoms with Gasteiger partial charge in [-0.05, 0) is 44.6 Å². The third kappa shape index (κ3) is 10.8. The molecule has 5 atom stereocenters. The second-order valence-corrected chi connectivity index (χ2v) is 10.2. The van der Waals surface area contributed by atoms with Gasteiger partial charge in [0.2, 0.25) is 5.78 Å². The molecule has 1 heterocycles. The third-order valence-corrected chi connectivity index (χ3v) is 7.22. The van der Waals surface area contributed by atoms with E-state index in [-0.39, 0.29) is 24.2 Å². The average Bonchev–Trinajstić information content (AvgIpc) is 3.18. The molecule has 0 amide bonds. The predicted molar refractivity (Wildman–Crippen MR) is 134 cm³/mol. The van der Waals surface area contributed by atoms with Crippen LogP contribution >= 0.6 is 0 Å². The van der Waals surface area contributed by atoms with Crippen molar-refractivity contribution in [2.24, 2.45) is 11.8 Å². The molecule has 9 heteroatoms. The molecule has 2 fully saturated rings. The molecule has 212 valence electrons. The summed E-state index contributed by atoms with van der Waals surface area (Å²) in [7, 11) is 1.37. The Bertz CT molecular complexity index is 749. The number of unbranched alkanes of at least 4 members (excludes halogenated alkanes) is 4. The summed E-state index contributed by atoms with van der Waals surface area (Å²) < 4.78 is 51.0. The first kappa shape index (κ1) is 31.3. The fraction of sp³-hybridized carbons (Fsp3) is 0.821. The Kier molecular flexibility index (Phi) is 13.7. The summed E-state index contributed by atoms with van der Waals surface area (Å²) >= 11 is 0. The summed E-state index contributed by atoms with van der Waals surface area (Å²) in [6.45, 7) is 3.76. The first-order chi connectivity index (χ1) is 17.7. The minimum Gasteiger partial charge on any atom is -0.469 e. The van der Waals surface area contributed by atoms with Gasteiger partial charge in [-0.3, -0.25) is 14.4 Å². The highest BCUT2D eigenvalue weighted by Gasteiger charge is 2.46. The number of rotatable bonds is 16. The average molecular weight is 531 g/mol. The minimum absolute atomic E-state index is 0.175. The highest BCUT2D eigenvalue weighted by Crippen LogP contribution is 2.42. The molecule has 0 radical (unpaired) electrons. The standard InChI is InChI=1S/C28H44F2O7/c1-4-5-17-28(29,30)25(32)16-15-22-21(12-8-6-7-9-13-26(33)34-3)23(36-20(2)31)19-24(22)37-27-14-10-11-18-35-27/h15-16,21-24,27H,4-14,17-19H2,1-3H3/t21?,22-,23+,24-,27?/m1/s1. The normalized spacial score (nSPS) is 26.4. The minimum atomic E-state index is -3.40. The Labute approximate surface area is 219 Å². The third-order valence-electron chi connectivity index (χ3n) is 7.22. The van der Waals surface area contributed by atoms with Gasteiger partial charge in [0.05, 0.1) is 13.2 Å². The van der Waals surface area contributed by atoms with Gasteiger partial charge < -0.3 is 18.9 Å². The number of methoxy groups -OCH3 is 1. The van der Waals surface area contributed by atoms with E-state index in [1.165, 1.54) is 14.0 Å². The van der Waals surface area contributed by atoms with E-state index in [9.17, 15) is 23.2 Å². The molecule has 1 saturated heterocycles. The second-order valence-electron chi connectivity index (χ2n) is 10.2. The molecule has 2 aliphatic rings. The first-order valence-electron chi connectivity index (χ1n) is 13.8. The Morgan fingerprint density at radius 3 is 2.46 bits per heavy atom. The molecule has 37 heavy (non-hydrogen) atoms. The Morgan fingerprint density at radius 2 is 1.81 bits per heavy atom. The lowest BCUT2D eigenvalue weighted by molar-refractivity contribution is -0.193.